The molecule has 0 aliphatic rings. The van der Waals surface area contributed by atoms with Gasteiger partial charge >= 0.3 is 0 Å². The van der Waals surface area contributed by atoms with Crippen LogP contribution in [0.3, 0.4) is 0 Å². The van der Waals surface area contributed by atoms with E-state index >= 15 is 0 Å². The average molecular weight is 794 g/mol. The molecule has 8 aromatic carbocycles. The molecular weight excluding hydrogens is 747 g/mol. The minimum Gasteiger partial charge on any atom is -0.309 e. The van der Waals surface area contributed by atoms with E-state index in [2.05, 4.69) is 229 Å². The van der Waals surface area contributed by atoms with Crippen molar-refractivity contribution in [3.05, 3.63) is 176 Å². The van der Waals surface area contributed by atoms with E-state index in [1.165, 1.54) is 92.6 Å². The highest BCUT2D eigenvalue weighted by molar-refractivity contribution is 6.89. The molecule has 0 aliphatic carbocycles. The van der Waals surface area contributed by atoms with E-state index in [1.54, 1.807) is 0 Å². The molecule has 0 saturated heterocycles. The normalized spacial score (nSPS) is 12.6. The van der Waals surface area contributed by atoms with Crippen molar-refractivity contribution in [2.45, 2.75) is 39.3 Å². The Morgan fingerprint density at radius 3 is 1.00 bits per heavy atom. The van der Waals surface area contributed by atoms with Gasteiger partial charge in [0, 0.05) is 49.4 Å². The fourth-order valence-electron chi connectivity index (χ4n) is 9.42. The maximum absolute atomic E-state index is 2.49. The Hall–Kier alpha value is -6.41. The third-order valence-corrected chi connectivity index (χ3v) is 16.6. The summed E-state index contributed by atoms with van der Waals surface area (Å²) in [6, 6.07) is 66.1. The van der Waals surface area contributed by atoms with Crippen molar-refractivity contribution >= 4 is 91.9 Å². The Morgan fingerprint density at radius 2 is 0.593 bits per heavy atom. The Kier molecular flexibility index (Phi) is 7.90. The van der Waals surface area contributed by atoms with Gasteiger partial charge in [-0.1, -0.05) is 141 Å². The second kappa shape index (κ2) is 13.1. The SMILES string of the molecule is C[Si](C)(C)c1ccc2c(c1)c1cc(-c3ccc4c(c3)c3cc([Si](C)(C)C)ccc3n4-c3ccc(-n4c5ccccc5c5ccccc54)cc3)ccc1n2-c1ccccc1. The fourth-order valence-corrected chi connectivity index (χ4v) is 11.7. The van der Waals surface area contributed by atoms with E-state index < -0.39 is 16.1 Å². The minimum atomic E-state index is -1.58. The standard InChI is InChI=1S/C54H47N3Si2/c1-58(2,3)41-26-30-53-47(34-41)45-32-36(20-28-51(45)55(53)38-14-8-7-9-15-38)37-21-29-52-46(33-37)48-35-42(59(4,5)6)27-31-54(48)57(52)40-24-22-39(23-25-40)56-49-18-12-10-16-43(49)44-17-11-13-19-50(44)56/h7-35H,1-6H3. The Labute approximate surface area is 347 Å². The summed E-state index contributed by atoms with van der Waals surface area (Å²) in [5, 5.41) is 10.7. The van der Waals surface area contributed by atoms with Gasteiger partial charge in [0.25, 0.3) is 0 Å². The van der Waals surface area contributed by atoms with Crippen molar-refractivity contribution in [1.82, 2.24) is 13.7 Å². The lowest BCUT2D eigenvalue weighted by molar-refractivity contribution is 1.14. The molecule has 0 N–H and O–H groups in total. The quantitative estimate of drug-likeness (QED) is 0.149. The lowest BCUT2D eigenvalue weighted by Gasteiger charge is -2.17. The maximum atomic E-state index is 2.49. The third-order valence-electron chi connectivity index (χ3n) is 12.6. The van der Waals surface area contributed by atoms with Gasteiger partial charge in [-0.25, -0.2) is 0 Å². The lowest BCUT2D eigenvalue weighted by Crippen LogP contribution is -2.37. The zero-order valence-electron chi connectivity index (χ0n) is 34.6. The molecule has 59 heavy (non-hydrogen) atoms. The van der Waals surface area contributed by atoms with Crippen LogP contribution in [-0.2, 0) is 0 Å². The van der Waals surface area contributed by atoms with Crippen LogP contribution in [0.1, 0.15) is 0 Å². The van der Waals surface area contributed by atoms with Gasteiger partial charge in [0.2, 0.25) is 0 Å². The number of fused-ring (bicyclic) bond motifs is 9. The van der Waals surface area contributed by atoms with Gasteiger partial charge in [0.05, 0.1) is 49.2 Å². The van der Waals surface area contributed by atoms with Crippen LogP contribution in [0.5, 0.6) is 0 Å². The van der Waals surface area contributed by atoms with E-state index in [0.29, 0.717) is 0 Å². The molecule has 0 saturated carbocycles. The molecule has 11 rings (SSSR count). The summed E-state index contributed by atoms with van der Waals surface area (Å²) in [6.07, 6.45) is 0. The summed E-state index contributed by atoms with van der Waals surface area (Å²) in [6.45, 7) is 14.7. The van der Waals surface area contributed by atoms with Gasteiger partial charge in [0.15, 0.2) is 0 Å². The molecule has 0 spiro atoms. The summed E-state index contributed by atoms with van der Waals surface area (Å²) in [7, 11) is -3.12. The summed E-state index contributed by atoms with van der Waals surface area (Å²) in [5.41, 5.74) is 13.4. The van der Waals surface area contributed by atoms with Crippen LogP contribution in [0, 0.1) is 0 Å². The van der Waals surface area contributed by atoms with Crippen LogP contribution < -0.4 is 10.4 Å². The van der Waals surface area contributed by atoms with Crippen LogP contribution in [0.25, 0.3) is 93.6 Å². The molecular formula is C54H47N3Si2. The number of nitrogens with zero attached hydrogens (tertiary/aromatic N) is 3. The van der Waals surface area contributed by atoms with Gasteiger partial charge in [-0.2, -0.15) is 0 Å². The fraction of sp³-hybridized carbons (Fsp3) is 0.111. The van der Waals surface area contributed by atoms with Gasteiger partial charge < -0.3 is 13.7 Å². The highest BCUT2D eigenvalue weighted by Crippen LogP contribution is 2.39. The Balaban J connectivity index is 1.09. The van der Waals surface area contributed by atoms with Crippen LogP contribution in [-0.4, -0.2) is 29.8 Å². The van der Waals surface area contributed by atoms with Crippen molar-refractivity contribution in [2.24, 2.45) is 0 Å². The van der Waals surface area contributed by atoms with Gasteiger partial charge in [-0.15, -0.1) is 0 Å². The number of hydrogen-bond acceptors (Lipinski definition) is 0. The number of aromatic nitrogens is 3. The summed E-state index contributed by atoms with van der Waals surface area (Å²) >= 11 is 0. The lowest BCUT2D eigenvalue weighted by atomic mass is 10.0. The van der Waals surface area contributed by atoms with E-state index in [0.717, 1.165) is 11.4 Å². The highest BCUT2D eigenvalue weighted by Gasteiger charge is 2.22. The number of rotatable bonds is 6. The predicted molar refractivity (Wildman–Crippen MR) is 261 cm³/mol. The minimum absolute atomic E-state index is 1.16. The first-order chi connectivity index (χ1) is 28.5. The van der Waals surface area contributed by atoms with Gasteiger partial charge in [0.1, 0.15) is 0 Å². The van der Waals surface area contributed by atoms with Crippen molar-refractivity contribution in [3.63, 3.8) is 0 Å². The molecule has 0 aliphatic heterocycles. The highest BCUT2D eigenvalue weighted by atomic mass is 28.3. The maximum Gasteiger partial charge on any atom is 0.0776 e. The molecule has 3 nitrogen and oxygen atoms in total. The Morgan fingerprint density at radius 1 is 0.271 bits per heavy atom. The first-order valence-electron chi connectivity index (χ1n) is 20.9. The van der Waals surface area contributed by atoms with Gasteiger partial charge in [-0.05, 0) is 96.1 Å². The monoisotopic (exact) mass is 793 g/mol. The molecule has 0 radical (unpaired) electrons. The smallest absolute Gasteiger partial charge is 0.0776 e. The van der Waals surface area contributed by atoms with Crippen LogP contribution in [0.2, 0.25) is 39.3 Å². The molecule has 0 fully saturated rings. The number of hydrogen-bond donors (Lipinski definition) is 0. The molecule has 0 atom stereocenters. The average Bonchev–Trinajstić information content (AvgIpc) is 3.88. The zero-order valence-corrected chi connectivity index (χ0v) is 36.6. The predicted octanol–water partition coefficient (Wildman–Crippen LogP) is 13.7. The molecule has 11 aromatic rings. The molecule has 286 valence electrons. The second-order valence-corrected chi connectivity index (χ2v) is 28.5. The summed E-state index contributed by atoms with van der Waals surface area (Å²) in [4.78, 5) is 0. The molecule has 5 heteroatoms. The second-order valence-electron chi connectivity index (χ2n) is 18.3. The van der Waals surface area contributed by atoms with Crippen molar-refractivity contribution < 1.29 is 0 Å². The molecule has 0 amide bonds. The van der Waals surface area contributed by atoms with Crippen LogP contribution in [0.15, 0.2) is 176 Å². The third kappa shape index (κ3) is 5.67. The summed E-state index contributed by atoms with van der Waals surface area (Å²) in [5.74, 6) is 0. The Bertz CT molecular complexity index is 3390. The molecule has 0 unspecified atom stereocenters. The first-order valence-corrected chi connectivity index (χ1v) is 27.9. The first kappa shape index (κ1) is 35.7. The van der Waals surface area contributed by atoms with E-state index in [4.69, 9.17) is 0 Å². The van der Waals surface area contributed by atoms with E-state index in [1.807, 2.05) is 0 Å². The van der Waals surface area contributed by atoms with Crippen LogP contribution in [0.4, 0.5) is 0 Å². The summed E-state index contributed by atoms with van der Waals surface area (Å²) < 4.78 is 7.29. The van der Waals surface area contributed by atoms with Crippen LogP contribution >= 0.6 is 0 Å². The zero-order chi connectivity index (χ0) is 40.2. The van der Waals surface area contributed by atoms with Crippen molar-refractivity contribution in [1.29, 1.82) is 0 Å². The molecule has 3 aromatic heterocycles. The van der Waals surface area contributed by atoms with Gasteiger partial charge in [-0.3, -0.25) is 0 Å². The van der Waals surface area contributed by atoms with Crippen molar-refractivity contribution in [3.8, 4) is 28.2 Å². The molecule has 0 bridgehead atoms. The van der Waals surface area contributed by atoms with E-state index in [-0.39, 0.29) is 0 Å². The number of para-hydroxylation sites is 3. The van der Waals surface area contributed by atoms with Crippen molar-refractivity contribution in [2.75, 3.05) is 0 Å². The molecule has 3 heterocycles. The topological polar surface area (TPSA) is 14.8 Å². The van der Waals surface area contributed by atoms with E-state index in [9.17, 15) is 0 Å². The largest absolute Gasteiger partial charge is 0.309 e. The number of benzene rings is 8.